The van der Waals surface area contributed by atoms with Gasteiger partial charge in [-0.1, -0.05) is 13.8 Å². The average molecular weight is 421 g/mol. The van der Waals surface area contributed by atoms with Crippen LogP contribution in [0.4, 0.5) is 5.00 Å². The van der Waals surface area contributed by atoms with Crippen molar-refractivity contribution in [3.63, 3.8) is 0 Å². The zero-order chi connectivity index (χ0) is 19.9. The van der Waals surface area contributed by atoms with Crippen molar-refractivity contribution in [3.8, 4) is 0 Å². The molecule has 1 heterocycles. The van der Waals surface area contributed by atoms with E-state index in [9.17, 15) is 4.79 Å². The van der Waals surface area contributed by atoms with Crippen LogP contribution in [-0.2, 0) is 11.2 Å². The van der Waals surface area contributed by atoms with Crippen molar-refractivity contribution in [3.05, 3.63) is 16.5 Å². The lowest BCUT2D eigenvalue weighted by molar-refractivity contribution is -0.0709. The Kier molecular flexibility index (Phi) is 5.71. The van der Waals surface area contributed by atoms with Crippen LogP contribution >= 0.6 is 23.6 Å². The van der Waals surface area contributed by atoms with E-state index in [4.69, 9.17) is 17.0 Å². The third kappa shape index (κ3) is 3.70. The van der Waals surface area contributed by atoms with E-state index in [0.717, 1.165) is 40.5 Å². The molecule has 0 radical (unpaired) electrons. The maximum atomic E-state index is 12.1. The van der Waals surface area contributed by atoms with E-state index in [2.05, 4.69) is 24.5 Å². The van der Waals surface area contributed by atoms with Gasteiger partial charge in [-0.05, 0) is 92.8 Å². The molecule has 4 fully saturated rings. The monoisotopic (exact) mass is 420 g/mol. The fourth-order valence-corrected chi connectivity index (χ4v) is 7.86. The normalized spacial score (nSPS) is 31.5. The Morgan fingerprint density at radius 1 is 1.25 bits per heavy atom. The number of hydrogen-bond donors (Lipinski definition) is 2. The Morgan fingerprint density at radius 3 is 2.36 bits per heavy atom. The molecule has 4 aliphatic rings. The van der Waals surface area contributed by atoms with Crippen LogP contribution in [0, 0.1) is 23.2 Å². The third-order valence-corrected chi connectivity index (χ3v) is 8.72. The number of carbonyl (C=O) groups excluding carboxylic acids is 1. The van der Waals surface area contributed by atoms with Gasteiger partial charge in [-0.25, -0.2) is 4.79 Å². The molecular formula is C22H32N2O2S2. The van der Waals surface area contributed by atoms with E-state index in [1.165, 1.54) is 45.6 Å². The number of rotatable bonds is 6. The number of carbonyl (C=O) groups is 1. The number of hydrogen-bond acceptors (Lipinski definition) is 4. The molecule has 1 aromatic heterocycles. The second-order valence-electron chi connectivity index (χ2n) is 9.14. The van der Waals surface area contributed by atoms with Gasteiger partial charge in [-0.15, -0.1) is 11.3 Å². The van der Waals surface area contributed by atoms with Gasteiger partial charge in [-0.2, -0.15) is 0 Å². The number of methoxy groups -OCH3 is 1. The minimum Gasteiger partial charge on any atom is -0.465 e. The maximum absolute atomic E-state index is 12.1. The zero-order valence-corrected chi connectivity index (χ0v) is 18.8. The fourth-order valence-electron chi connectivity index (χ4n) is 6.56. The van der Waals surface area contributed by atoms with Gasteiger partial charge in [0.2, 0.25) is 0 Å². The highest BCUT2D eigenvalue weighted by Gasteiger charge is 2.53. The highest BCUT2D eigenvalue weighted by Crippen LogP contribution is 2.61. The van der Waals surface area contributed by atoms with Crippen molar-refractivity contribution < 1.29 is 9.53 Å². The van der Waals surface area contributed by atoms with Crippen LogP contribution in [0.5, 0.6) is 0 Å². The number of thiocarbonyl (C=S) groups is 1. The van der Waals surface area contributed by atoms with Gasteiger partial charge in [0.25, 0.3) is 0 Å². The van der Waals surface area contributed by atoms with Crippen LogP contribution in [0.1, 0.15) is 74.0 Å². The molecule has 28 heavy (non-hydrogen) atoms. The molecular weight excluding hydrogens is 388 g/mol. The van der Waals surface area contributed by atoms with Crippen molar-refractivity contribution in [2.45, 2.75) is 71.3 Å². The first-order chi connectivity index (χ1) is 13.5. The SMILES string of the molecule is CCc1cc(C(=O)OC)c(NC(=S)NC(CC)C23CC4CC(CC(C4)C2)C3)s1. The predicted molar refractivity (Wildman–Crippen MR) is 119 cm³/mol. The summed E-state index contributed by atoms with van der Waals surface area (Å²) >= 11 is 7.28. The molecule has 154 valence electrons. The molecule has 0 spiro atoms. The lowest BCUT2D eigenvalue weighted by atomic mass is 9.47. The lowest BCUT2D eigenvalue weighted by Gasteiger charge is -2.59. The van der Waals surface area contributed by atoms with Crippen LogP contribution in [0.25, 0.3) is 0 Å². The Balaban J connectivity index is 1.47. The van der Waals surface area contributed by atoms with Crippen LogP contribution in [0.3, 0.4) is 0 Å². The summed E-state index contributed by atoms with van der Waals surface area (Å²) in [7, 11) is 1.42. The standard InChI is InChI=1S/C22H32N2O2S2/c1-4-16-9-17(20(25)26-3)19(28-16)24-21(27)23-18(5-2)22-10-13-6-14(11-22)8-15(7-13)12-22/h9,13-15,18H,4-8,10-12H2,1-3H3,(H2,23,24,27). The molecule has 4 nitrogen and oxygen atoms in total. The predicted octanol–water partition coefficient (Wildman–Crippen LogP) is 5.38. The van der Waals surface area contributed by atoms with E-state index >= 15 is 0 Å². The third-order valence-electron chi connectivity index (χ3n) is 7.30. The van der Waals surface area contributed by atoms with Gasteiger partial charge in [0.1, 0.15) is 5.00 Å². The van der Waals surface area contributed by atoms with Crippen molar-refractivity contribution in [1.82, 2.24) is 5.32 Å². The Hall–Kier alpha value is -1.14. The second kappa shape index (κ2) is 7.94. The smallest absolute Gasteiger partial charge is 0.340 e. The molecule has 1 unspecified atom stereocenters. The Bertz CT molecular complexity index is 722. The molecule has 4 bridgehead atoms. The van der Waals surface area contributed by atoms with Crippen molar-refractivity contribution in [2.75, 3.05) is 12.4 Å². The number of nitrogens with one attached hydrogen (secondary N) is 2. The van der Waals surface area contributed by atoms with E-state index in [1.54, 1.807) is 11.3 Å². The summed E-state index contributed by atoms with van der Waals surface area (Å²) in [6, 6.07) is 2.32. The summed E-state index contributed by atoms with van der Waals surface area (Å²) in [6.45, 7) is 4.37. The second-order valence-corrected chi connectivity index (χ2v) is 10.7. The molecule has 4 aliphatic carbocycles. The topological polar surface area (TPSA) is 50.4 Å². The maximum Gasteiger partial charge on any atom is 0.340 e. The Morgan fingerprint density at radius 2 is 1.86 bits per heavy atom. The van der Waals surface area contributed by atoms with Crippen LogP contribution in [-0.4, -0.2) is 24.2 Å². The van der Waals surface area contributed by atoms with Crippen LogP contribution in [0.15, 0.2) is 6.07 Å². The minimum atomic E-state index is -0.311. The van der Waals surface area contributed by atoms with Crippen molar-refractivity contribution in [1.29, 1.82) is 0 Å². The first-order valence-corrected chi connectivity index (χ1v) is 12.0. The largest absolute Gasteiger partial charge is 0.465 e. The molecule has 0 aliphatic heterocycles. The molecule has 1 atom stereocenters. The minimum absolute atomic E-state index is 0.311. The van der Waals surface area contributed by atoms with Gasteiger partial charge >= 0.3 is 5.97 Å². The molecule has 4 saturated carbocycles. The van der Waals surface area contributed by atoms with Gasteiger partial charge < -0.3 is 15.4 Å². The molecule has 6 heteroatoms. The molecule has 1 aromatic rings. The average Bonchev–Trinajstić information content (AvgIpc) is 3.07. The molecule has 0 aromatic carbocycles. The molecule has 0 amide bonds. The zero-order valence-electron chi connectivity index (χ0n) is 17.2. The number of aryl methyl sites for hydroxylation is 1. The van der Waals surface area contributed by atoms with Gasteiger partial charge in [-0.3, -0.25) is 0 Å². The first kappa shape index (κ1) is 20.1. The molecule has 0 saturated heterocycles. The first-order valence-electron chi connectivity index (χ1n) is 10.7. The van der Waals surface area contributed by atoms with E-state index in [1.807, 2.05) is 6.07 Å². The summed E-state index contributed by atoms with van der Waals surface area (Å²) < 4.78 is 4.95. The summed E-state index contributed by atoms with van der Waals surface area (Å²) in [5.74, 6) is 2.48. The van der Waals surface area contributed by atoms with E-state index in [-0.39, 0.29) is 5.97 Å². The summed E-state index contributed by atoms with van der Waals surface area (Å²) in [6.07, 6.45) is 10.4. The summed E-state index contributed by atoms with van der Waals surface area (Å²) in [5, 5.41) is 8.40. The van der Waals surface area contributed by atoms with Gasteiger partial charge in [0.05, 0.1) is 12.7 Å². The Labute approximate surface area is 177 Å². The fraction of sp³-hybridized carbons (Fsp3) is 0.727. The van der Waals surface area contributed by atoms with Crippen LogP contribution < -0.4 is 10.6 Å². The summed E-state index contributed by atoms with van der Waals surface area (Å²) in [5.41, 5.74) is 0.987. The number of ether oxygens (including phenoxy) is 1. The van der Waals surface area contributed by atoms with E-state index < -0.39 is 0 Å². The number of anilines is 1. The van der Waals surface area contributed by atoms with Gasteiger partial charge in [0, 0.05) is 10.9 Å². The molecule has 5 rings (SSSR count). The number of thiophene rings is 1. The molecule has 2 N–H and O–H groups in total. The lowest BCUT2D eigenvalue weighted by Crippen LogP contribution is -2.57. The van der Waals surface area contributed by atoms with Crippen LogP contribution in [0.2, 0.25) is 0 Å². The highest BCUT2D eigenvalue weighted by molar-refractivity contribution is 7.80. The van der Waals surface area contributed by atoms with E-state index in [0.29, 0.717) is 22.1 Å². The van der Waals surface area contributed by atoms with Gasteiger partial charge in [0.15, 0.2) is 5.11 Å². The summed E-state index contributed by atoms with van der Waals surface area (Å²) in [4.78, 5) is 13.3. The van der Waals surface area contributed by atoms with Crippen molar-refractivity contribution >= 4 is 39.6 Å². The highest BCUT2D eigenvalue weighted by atomic mass is 32.1. The van der Waals surface area contributed by atoms with Crippen molar-refractivity contribution in [2.24, 2.45) is 23.2 Å². The number of esters is 1. The quantitative estimate of drug-likeness (QED) is 0.478.